The van der Waals surface area contributed by atoms with Crippen molar-refractivity contribution in [1.29, 1.82) is 0 Å². The number of carbonyl (C=O) groups is 1. The van der Waals surface area contributed by atoms with Crippen LogP contribution < -0.4 is 5.32 Å². The molecule has 2 heterocycles. The van der Waals surface area contributed by atoms with E-state index in [0.717, 1.165) is 39.0 Å². The average molecular weight is 240 g/mol. The second-order valence-corrected chi connectivity index (χ2v) is 5.89. The van der Waals surface area contributed by atoms with Crippen LogP contribution >= 0.6 is 0 Å². The molecular weight excluding hydrogens is 216 g/mol. The van der Waals surface area contributed by atoms with Gasteiger partial charge in [-0.05, 0) is 18.8 Å². The monoisotopic (exact) mass is 240 g/mol. The molecule has 4 nitrogen and oxygen atoms in total. The van der Waals surface area contributed by atoms with Crippen molar-refractivity contribution in [3.05, 3.63) is 0 Å². The molecule has 2 aliphatic heterocycles. The van der Waals surface area contributed by atoms with Gasteiger partial charge in [0.25, 0.3) is 0 Å². The molecule has 0 aromatic rings. The van der Waals surface area contributed by atoms with Crippen LogP contribution in [-0.2, 0) is 4.79 Å². The Bertz CT molecular complexity index is 277. The molecule has 0 aromatic heterocycles. The molecule has 0 radical (unpaired) electrons. The lowest BCUT2D eigenvalue weighted by Crippen LogP contribution is -2.55. The summed E-state index contributed by atoms with van der Waals surface area (Å²) in [6.45, 7) is 7.46. The van der Waals surface area contributed by atoms with Gasteiger partial charge < -0.3 is 15.3 Å². The summed E-state index contributed by atoms with van der Waals surface area (Å²) in [5.74, 6) is 1.31. The first-order chi connectivity index (χ1) is 8.08. The summed E-state index contributed by atoms with van der Waals surface area (Å²) in [5, 5.41) is 13.1. The van der Waals surface area contributed by atoms with Gasteiger partial charge in [-0.3, -0.25) is 4.79 Å². The third-order valence-electron chi connectivity index (χ3n) is 3.91. The number of carbonyl (C=O) groups excluding carboxylic acids is 1. The highest BCUT2D eigenvalue weighted by molar-refractivity contribution is 5.80. The summed E-state index contributed by atoms with van der Waals surface area (Å²) in [5.41, 5.74) is 0. The number of hydrogen-bond donors (Lipinski definition) is 2. The van der Waals surface area contributed by atoms with Gasteiger partial charge >= 0.3 is 0 Å². The maximum Gasteiger partial charge on any atom is 0.228 e. The zero-order valence-electron chi connectivity index (χ0n) is 10.9. The van der Waals surface area contributed by atoms with Gasteiger partial charge in [-0.25, -0.2) is 0 Å². The quantitative estimate of drug-likeness (QED) is 0.753. The number of hydrogen-bond acceptors (Lipinski definition) is 3. The third kappa shape index (κ3) is 2.99. The molecule has 0 aliphatic carbocycles. The molecule has 0 aromatic carbocycles. The maximum atomic E-state index is 12.1. The fraction of sp³-hybridized carbons (Fsp3) is 0.923. The smallest absolute Gasteiger partial charge is 0.228 e. The molecule has 98 valence electrons. The van der Waals surface area contributed by atoms with Crippen molar-refractivity contribution in [2.75, 3.05) is 26.2 Å². The largest absolute Gasteiger partial charge is 0.393 e. The fourth-order valence-corrected chi connectivity index (χ4v) is 2.78. The Morgan fingerprint density at radius 2 is 2.18 bits per heavy atom. The summed E-state index contributed by atoms with van der Waals surface area (Å²) < 4.78 is 0. The second kappa shape index (κ2) is 5.36. The lowest BCUT2D eigenvalue weighted by Gasteiger charge is -2.40. The van der Waals surface area contributed by atoms with Gasteiger partial charge in [-0.15, -0.1) is 0 Å². The molecule has 2 saturated heterocycles. The molecule has 4 heteroatoms. The van der Waals surface area contributed by atoms with E-state index in [1.54, 1.807) is 0 Å². The molecule has 2 aliphatic rings. The van der Waals surface area contributed by atoms with E-state index < -0.39 is 0 Å². The van der Waals surface area contributed by atoms with E-state index in [-0.39, 0.29) is 23.8 Å². The minimum Gasteiger partial charge on any atom is -0.393 e. The lowest BCUT2D eigenvalue weighted by atomic mass is 9.86. The molecule has 2 rings (SSSR count). The average Bonchev–Trinajstić information content (AvgIpc) is 2.18. The molecular formula is C13H24N2O2. The zero-order valence-corrected chi connectivity index (χ0v) is 10.9. The lowest BCUT2D eigenvalue weighted by molar-refractivity contribution is -0.141. The van der Waals surface area contributed by atoms with Crippen LogP contribution in [0.15, 0.2) is 0 Å². The van der Waals surface area contributed by atoms with Gasteiger partial charge in [0.15, 0.2) is 0 Å². The highest BCUT2D eigenvalue weighted by Gasteiger charge is 2.35. The number of likely N-dealkylation sites (tertiary alicyclic amines) is 1. The summed E-state index contributed by atoms with van der Waals surface area (Å²) in [6.07, 6.45) is 1.53. The van der Waals surface area contributed by atoms with E-state index in [1.807, 2.05) is 4.90 Å². The summed E-state index contributed by atoms with van der Waals surface area (Å²) in [6, 6.07) is 0. The van der Waals surface area contributed by atoms with Crippen LogP contribution in [0.1, 0.15) is 26.7 Å². The van der Waals surface area contributed by atoms with Gasteiger partial charge in [0.2, 0.25) is 5.91 Å². The number of aliphatic hydroxyl groups is 1. The van der Waals surface area contributed by atoms with Crippen LogP contribution in [0.2, 0.25) is 0 Å². The van der Waals surface area contributed by atoms with Crippen molar-refractivity contribution in [2.45, 2.75) is 32.8 Å². The van der Waals surface area contributed by atoms with Crippen LogP contribution in [0.4, 0.5) is 0 Å². The number of aliphatic hydroxyl groups excluding tert-OH is 1. The number of rotatable bonds is 3. The van der Waals surface area contributed by atoms with E-state index in [9.17, 15) is 9.90 Å². The van der Waals surface area contributed by atoms with E-state index in [4.69, 9.17) is 0 Å². The SMILES string of the molecule is CC(C)C[C@H]1CN(C(=O)C2CNC2)CC[C@H]1O. The van der Waals surface area contributed by atoms with Crippen molar-refractivity contribution in [2.24, 2.45) is 17.8 Å². The molecule has 2 atom stereocenters. The minimum atomic E-state index is -0.221. The van der Waals surface area contributed by atoms with Crippen molar-refractivity contribution in [3.8, 4) is 0 Å². The van der Waals surface area contributed by atoms with Crippen LogP contribution in [0, 0.1) is 17.8 Å². The molecule has 0 saturated carbocycles. The molecule has 17 heavy (non-hydrogen) atoms. The first kappa shape index (κ1) is 12.8. The summed E-state index contributed by atoms with van der Waals surface area (Å²) in [7, 11) is 0. The molecule has 0 bridgehead atoms. The Kier molecular flexibility index (Phi) is 4.05. The van der Waals surface area contributed by atoms with Crippen LogP contribution in [0.25, 0.3) is 0 Å². The van der Waals surface area contributed by atoms with Gasteiger partial charge in [0.1, 0.15) is 0 Å². The Hall–Kier alpha value is -0.610. The standard InChI is InChI=1S/C13H24N2O2/c1-9(2)5-10-8-15(4-3-12(10)16)13(17)11-6-14-7-11/h9-12,14,16H,3-8H2,1-2H3/t10-,12+/m0/s1. The van der Waals surface area contributed by atoms with Gasteiger partial charge in [0.05, 0.1) is 12.0 Å². The molecule has 1 amide bonds. The van der Waals surface area contributed by atoms with Gasteiger partial charge in [-0.2, -0.15) is 0 Å². The van der Waals surface area contributed by atoms with E-state index in [0.29, 0.717) is 5.92 Å². The molecule has 0 unspecified atom stereocenters. The van der Waals surface area contributed by atoms with Crippen molar-refractivity contribution < 1.29 is 9.90 Å². The van der Waals surface area contributed by atoms with Crippen LogP contribution in [-0.4, -0.2) is 48.2 Å². The van der Waals surface area contributed by atoms with Crippen molar-refractivity contribution in [3.63, 3.8) is 0 Å². The number of nitrogens with one attached hydrogen (secondary N) is 1. The van der Waals surface area contributed by atoms with Gasteiger partial charge in [0, 0.05) is 32.1 Å². The molecule has 2 N–H and O–H groups in total. The number of piperidine rings is 1. The topological polar surface area (TPSA) is 52.6 Å². The van der Waals surface area contributed by atoms with E-state index in [2.05, 4.69) is 19.2 Å². The maximum absolute atomic E-state index is 12.1. The Morgan fingerprint density at radius 3 is 2.71 bits per heavy atom. The highest BCUT2D eigenvalue weighted by atomic mass is 16.3. The second-order valence-electron chi connectivity index (χ2n) is 5.89. The van der Waals surface area contributed by atoms with Crippen molar-refractivity contribution >= 4 is 5.91 Å². The minimum absolute atomic E-state index is 0.185. The van der Waals surface area contributed by atoms with Crippen LogP contribution in [0.3, 0.4) is 0 Å². The van der Waals surface area contributed by atoms with E-state index >= 15 is 0 Å². The molecule has 0 spiro atoms. The van der Waals surface area contributed by atoms with E-state index in [1.165, 1.54) is 0 Å². The van der Waals surface area contributed by atoms with Gasteiger partial charge in [-0.1, -0.05) is 13.8 Å². The van der Waals surface area contributed by atoms with Crippen LogP contribution in [0.5, 0.6) is 0 Å². The fourth-order valence-electron chi connectivity index (χ4n) is 2.78. The zero-order chi connectivity index (χ0) is 12.4. The summed E-state index contributed by atoms with van der Waals surface area (Å²) >= 11 is 0. The number of amides is 1. The third-order valence-corrected chi connectivity index (χ3v) is 3.91. The number of nitrogens with zero attached hydrogens (tertiary/aromatic N) is 1. The normalized spacial score (nSPS) is 30.5. The first-order valence-corrected chi connectivity index (χ1v) is 6.75. The molecule has 2 fully saturated rings. The Balaban J connectivity index is 1.89. The predicted molar refractivity (Wildman–Crippen MR) is 66.5 cm³/mol. The predicted octanol–water partition coefficient (Wildman–Crippen LogP) is 0.461. The highest BCUT2D eigenvalue weighted by Crippen LogP contribution is 2.25. The Labute approximate surface area is 103 Å². The van der Waals surface area contributed by atoms with Crippen molar-refractivity contribution in [1.82, 2.24) is 10.2 Å². The Morgan fingerprint density at radius 1 is 1.47 bits per heavy atom. The first-order valence-electron chi connectivity index (χ1n) is 6.75. The summed E-state index contributed by atoms with van der Waals surface area (Å²) in [4.78, 5) is 14.1.